The van der Waals surface area contributed by atoms with E-state index in [1.807, 2.05) is 11.0 Å². The lowest BCUT2D eigenvalue weighted by atomic mass is 10.1. The third-order valence-electron chi connectivity index (χ3n) is 4.13. The molecule has 2 aromatic rings. The van der Waals surface area contributed by atoms with Crippen LogP contribution in [0.5, 0.6) is 0 Å². The number of amides is 2. The van der Waals surface area contributed by atoms with Crippen LogP contribution < -0.4 is 4.90 Å². The molecule has 0 unspecified atom stereocenters. The van der Waals surface area contributed by atoms with Crippen molar-refractivity contribution in [1.29, 1.82) is 0 Å². The van der Waals surface area contributed by atoms with Crippen LogP contribution in [0.2, 0.25) is 4.34 Å². The van der Waals surface area contributed by atoms with Crippen molar-refractivity contribution < 1.29 is 9.59 Å². The van der Waals surface area contributed by atoms with Crippen LogP contribution in [-0.4, -0.2) is 30.3 Å². The number of carbonyl (C=O) groups is 2. The summed E-state index contributed by atoms with van der Waals surface area (Å²) in [6.07, 6.45) is 2.10. The molecule has 24 heavy (non-hydrogen) atoms. The summed E-state index contributed by atoms with van der Waals surface area (Å²) in [4.78, 5) is 28.9. The zero-order valence-corrected chi connectivity index (χ0v) is 14.9. The summed E-state index contributed by atoms with van der Waals surface area (Å²) in [6.45, 7) is 4.76. The second kappa shape index (κ2) is 6.79. The van der Waals surface area contributed by atoms with E-state index in [-0.39, 0.29) is 11.8 Å². The minimum Gasteiger partial charge on any atom is -0.334 e. The van der Waals surface area contributed by atoms with Gasteiger partial charge in [0.2, 0.25) is 5.91 Å². The van der Waals surface area contributed by atoms with E-state index in [1.54, 1.807) is 42.6 Å². The summed E-state index contributed by atoms with van der Waals surface area (Å²) in [6, 6.07) is 8.98. The second-order valence-electron chi connectivity index (χ2n) is 5.62. The van der Waals surface area contributed by atoms with E-state index in [2.05, 4.69) is 6.58 Å². The highest BCUT2D eigenvalue weighted by Crippen LogP contribution is 2.31. The molecule has 0 atom stereocenters. The molecule has 0 N–H and O–H groups in total. The maximum Gasteiger partial charge on any atom is 0.254 e. The van der Waals surface area contributed by atoms with E-state index in [4.69, 9.17) is 11.6 Å². The Kier molecular flexibility index (Phi) is 4.73. The molecule has 4 nitrogen and oxygen atoms in total. The minimum absolute atomic E-state index is 0.00720. The van der Waals surface area contributed by atoms with Crippen molar-refractivity contribution in [3.63, 3.8) is 0 Å². The molecule has 0 radical (unpaired) electrons. The Morgan fingerprint density at radius 2 is 2.04 bits per heavy atom. The summed E-state index contributed by atoms with van der Waals surface area (Å²) in [5.41, 5.74) is 2.47. The molecule has 6 heteroatoms. The van der Waals surface area contributed by atoms with Gasteiger partial charge >= 0.3 is 0 Å². The van der Waals surface area contributed by atoms with Crippen LogP contribution in [0.1, 0.15) is 20.8 Å². The number of hydrogen-bond donors (Lipinski definition) is 0. The molecule has 1 aromatic carbocycles. The van der Waals surface area contributed by atoms with Crippen LogP contribution in [0.4, 0.5) is 5.69 Å². The summed E-state index contributed by atoms with van der Waals surface area (Å²) >= 11 is 7.65. The molecule has 1 aliphatic rings. The molecule has 0 spiro atoms. The van der Waals surface area contributed by atoms with E-state index in [9.17, 15) is 9.59 Å². The van der Waals surface area contributed by atoms with Crippen LogP contribution in [0.25, 0.3) is 0 Å². The van der Waals surface area contributed by atoms with Gasteiger partial charge in [0, 0.05) is 36.3 Å². The predicted molar refractivity (Wildman–Crippen MR) is 97.8 cm³/mol. The van der Waals surface area contributed by atoms with Crippen molar-refractivity contribution in [1.82, 2.24) is 4.90 Å². The topological polar surface area (TPSA) is 40.6 Å². The van der Waals surface area contributed by atoms with Gasteiger partial charge in [0.25, 0.3) is 5.91 Å². The standard InChI is InChI=1S/C18H17ClN2O2S/c1-3-17(22)20(2)14-6-4-12(5-7-14)18(23)21-9-8-15-13(11-21)10-16(19)24-15/h3-7,10H,1,8-9,11H2,2H3. The quantitative estimate of drug-likeness (QED) is 0.782. The number of hydrogen-bond acceptors (Lipinski definition) is 3. The van der Waals surface area contributed by atoms with E-state index < -0.39 is 0 Å². The normalized spacial score (nSPS) is 13.3. The Bertz CT molecular complexity index is 798. The van der Waals surface area contributed by atoms with E-state index >= 15 is 0 Å². The smallest absolute Gasteiger partial charge is 0.254 e. The second-order valence-corrected chi connectivity index (χ2v) is 7.39. The highest BCUT2D eigenvalue weighted by molar-refractivity contribution is 7.16. The van der Waals surface area contributed by atoms with Gasteiger partial charge in [-0.2, -0.15) is 0 Å². The van der Waals surface area contributed by atoms with Gasteiger partial charge in [-0.05, 0) is 48.4 Å². The lowest BCUT2D eigenvalue weighted by Gasteiger charge is -2.27. The Morgan fingerprint density at radius 1 is 1.33 bits per heavy atom. The predicted octanol–water partition coefficient (Wildman–Crippen LogP) is 3.75. The molecule has 0 fully saturated rings. The van der Waals surface area contributed by atoms with Crippen LogP contribution in [0.3, 0.4) is 0 Å². The molecular weight excluding hydrogens is 344 g/mol. The monoisotopic (exact) mass is 360 g/mol. The zero-order chi connectivity index (χ0) is 17.3. The molecule has 124 valence electrons. The molecule has 0 bridgehead atoms. The molecule has 2 heterocycles. The number of nitrogens with zero attached hydrogens (tertiary/aromatic N) is 2. The number of rotatable bonds is 3. The lowest BCUT2D eigenvalue weighted by molar-refractivity contribution is -0.113. The fourth-order valence-electron chi connectivity index (χ4n) is 2.74. The number of halogens is 1. The average Bonchev–Trinajstić information content (AvgIpc) is 2.99. The fourth-order valence-corrected chi connectivity index (χ4v) is 4.04. The number of thiophene rings is 1. The third-order valence-corrected chi connectivity index (χ3v) is 5.50. The van der Waals surface area contributed by atoms with Crippen molar-refractivity contribution in [2.24, 2.45) is 0 Å². The molecule has 1 aliphatic heterocycles. The Morgan fingerprint density at radius 3 is 2.71 bits per heavy atom. The van der Waals surface area contributed by atoms with Gasteiger partial charge in [0.05, 0.1) is 4.34 Å². The molecule has 3 rings (SSSR count). The van der Waals surface area contributed by atoms with Crippen molar-refractivity contribution in [2.45, 2.75) is 13.0 Å². The van der Waals surface area contributed by atoms with Gasteiger partial charge < -0.3 is 9.80 Å². The zero-order valence-electron chi connectivity index (χ0n) is 13.3. The number of fused-ring (bicyclic) bond motifs is 1. The minimum atomic E-state index is -0.188. The molecule has 2 amide bonds. The Balaban J connectivity index is 1.74. The van der Waals surface area contributed by atoms with E-state index in [0.717, 1.165) is 22.0 Å². The van der Waals surface area contributed by atoms with Crippen molar-refractivity contribution in [3.05, 3.63) is 63.3 Å². The summed E-state index contributed by atoms with van der Waals surface area (Å²) in [5, 5.41) is 0. The number of likely N-dealkylation sites (N-methyl/N-ethyl adjacent to an activating group) is 1. The third kappa shape index (κ3) is 3.23. The molecule has 0 saturated carbocycles. The average molecular weight is 361 g/mol. The van der Waals surface area contributed by atoms with Crippen molar-refractivity contribution in [3.8, 4) is 0 Å². The van der Waals surface area contributed by atoms with Crippen molar-refractivity contribution in [2.75, 3.05) is 18.5 Å². The number of benzene rings is 1. The maximum absolute atomic E-state index is 12.7. The SMILES string of the molecule is C=CC(=O)N(C)c1ccc(C(=O)N2CCc3sc(Cl)cc3C2)cc1. The lowest BCUT2D eigenvalue weighted by Crippen LogP contribution is -2.35. The van der Waals surface area contributed by atoms with Gasteiger partial charge in [0.1, 0.15) is 0 Å². The van der Waals surface area contributed by atoms with Crippen molar-refractivity contribution >= 4 is 40.4 Å². The van der Waals surface area contributed by atoms with Crippen LogP contribution in [0.15, 0.2) is 43.0 Å². The summed E-state index contributed by atoms with van der Waals surface area (Å²) < 4.78 is 0.772. The molecular formula is C18H17ClN2O2S. The van der Waals surface area contributed by atoms with Gasteiger partial charge in [-0.1, -0.05) is 18.2 Å². The van der Waals surface area contributed by atoms with Gasteiger partial charge in [-0.3, -0.25) is 9.59 Å². The van der Waals surface area contributed by atoms with Crippen LogP contribution >= 0.6 is 22.9 Å². The molecule has 1 aromatic heterocycles. The van der Waals surface area contributed by atoms with Crippen LogP contribution in [0, 0.1) is 0 Å². The van der Waals surface area contributed by atoms with E-state index in [0.29, 0.717) is 18.7 Å². The Labute approximate surface area is 149 Å². The first-order valence-corrected chi connectivity index (χ1v) is 8.75. The first-order chi connectivity index (χ1) is 11.5. The van der Waals surface area contributed by atoms with Gasteiger partial charge in [-0.25, -0.2) is 0 Å². The van der Waals surface area contributed by atoms with E-state index in [1.165, 1.54) is 15.9 Å². The fraction of sp³-hybridized carbons (Fsp3) is 0.222. The van der Waals surface area contributed by atoms with Gasteiger partial charge in [0.15, 0.2) is 0 Å². The van der Waals surface area contributed by atoms with Crippen LogP contribution in [-0.2, 0) is 17.8 Å². The number of anilines is 1. The van der Waals surface area contributed by atoms with Gasteiger partial charge in [-0.15, -0.1) is 11.3 Å². The molecule has 0 aliphatic carbocycles. The highest BCUT2D eigenvalue weighted by Gasteiger charge is 2.23. The maximum atomic E-state index is 12.7. The number of carbonyl (C=O) groups excluding carboxylic acids is 2. The first kappa shape index (κ1) is 16.7. The first-order valence-electron chi connectivity index (χ1n) is 7.56. The summed E-state index contributed by atoms with van der Waals surface area (Å²) in [5.74, 6) is -0.195. The Hall–Kier alpha value is -2.11. The summed E-state index contributed by atoms with van der Waals surface area (Å²) in [7, 11) is 1.67. The molecule has 0 saturated heterocycles. The highest BCUT2D eigenvalue weighted by atomic mass is 35.5. The largest absolute Gasteiger partial charge is 0.334 e.